The van der Waals surface area contributed by atoms with Crippen LogP contribution in [0.25, 0.3) is 5.00 Å². The van der Waals surface area contributed by atoms with Gasteiger partial charge in [-0.1, -0.05) is 29.8 Å². The number of piperidine rings is 1. The SMILES string of the molecule is Cc1sc2c(c1C)C(c1ccc(Cl)cc1)=N[C@@H](CC(=O)CNC(=O)COc1cccc3c1C(=O)N(C1CCC(=O)NC1=O)C3=O)c1nnc(C)n1-2. The number of ether oxygens (including phenoxy) is 1. The summed E-state index contributed by atoms with van der Waals surface area (Å²) in [6.45, 7) is 5.03. The van der Waals surface area contributed by atoms with Gasteiger partial charge in [-0.3, -0.25) is 48.5 Å². The van der Waals surface area contributed by atoms with Crippen LogP contribution in [0.3, 0.4) is 0 Å². The molecule has 0 saturated carbocycles. The lowest BCUT2D eigenvalue weighted by atomic mass is 9.99. The lowest BCUT2D eigenvalue weighted by molar-refractivity contribution is -0.136. The third-order valence-electron chi connectivity index (χ3n) is 9.05. The molecule has 51 heavy (non-hydrogen) atoms. The fourth-order valence-electron chi connectivity index (χ4n) is 6.42. The second-order valence-corrected chi connectivity index (χ2v) is 14.0. The third kappa shape index (κ3) is 6.12. The molecule has 2 N–H and O–H groups in total. The monoisotopic (exact) mass is 727 g/mol. The molecule has 3 aliphatic heterocycles. The van der Waals surface area contributed by atoms with Crippen molar-refractivity contribution in [2.45, 2.75) is 52.1 Å². The summed E-state index contributed by atoms with van der Waals surface area (Å²) in [5, 5.41) is 14.9. The number of ketones is 1. The highest BCUT2D eigenvalue weighted by atomic mass is 35.5. The topological polar surface area (TPSA) is 182 Å². The van der Waals surface area contributed by atoms with Gasteiger partial charge in [-0.15, -0.1) is 21.5 Å². The van der Waals surface area contributed by atoms with E-state index in [1.165, 1.54) is 18.2 Å². The molecule has 0 aliphatic carbocycles. The minimum absolute atomic E-state index is 0.00351. The van der Waals surface area contributed by atoms with Crippen LogP contribution in [0, 0.1) is 20.8 Å². The van der Waals surface area contributed by atoms with Crippen LogP contribution in [0.5, 0.6) is 5.75 Å². The first kappa shape index (κ1) is 33.9. The molecule has 4 aromatic rings. The van der Waals surface area contributed by atoms with E-state index in [0.29, 0.717) is 22.4 Å². The zero-order valence-electron chi connectivity index (χ0n) is 27.6. The first-order chi connectivity index (χ1) is 24.4. The van der Waals surface area contributed by atoms with Crippen molar-refractivity contribution >= 4 is 64.0 Å². The number of aromatic nitrogens is 3. The molecular weight excluding hydrogens is 698 g/mol. The highest BCUT2D eigenvalue weighted by molar-refractivity contribution is 7.15. The Labute approximate surface area is 299 Å². The molecule has 16 heteroatoms. The molecule has 5 heterocycles. The van der Waals surface area contributed by atoms with Gasteiger partial charge in [0.15, 0.2) is 18.2 Å². The molecular formula is C35H30ClN7O7S. The summed E-state index contributed by atoms with van der Waals surface area (Å²) in [5.74, 6) is -2.51. The van der Waals surface area contributed by atoms with Crippen LogP contribution in [-0.2, 0) is 19.2 Å². The van der Waals surface area contributed by atoms with Crippen LogP contribution in [0.2, 0.25) is 5.02 Å². The third-order valence-corrected chi connectivity index (χ3v) is 10.5. The van der Waals surface area contributed by atoms with E-state index >= 15 is 0 Å². The Hall–Kier alpha value is -5.54. The molecule has 2 aromatic heterocycles. The molecule has 2 atom stereocenters. The van der Waals surface area contributed by atoms with Crippen LogP contribution in [0.15, 0.2) is 47.5 Å². The second-order valence-electron chi connectivity index (χ2n) is 12.3. The summed E-state index contributed by atoms with van der Waals surface area (Å²) >= 11 is 7.78. The maximum atomic E-state index is 13.4. The Morgan fingerprint density at radius 2 is 1.78 bits per heavy atom. The Morgan fingerprint density at radius 1 is 1.02 bits per heavy atom. The van der Waals surface area contributed by atoms with Gasteiger partial charge >= 0.3 is 0 Å². The quantitative estimate of drug-likeness (QED) is 0.244. The van der Waals surface area contributed by atoms with Gasteiger partial charge in [0, 0.05) is 33.9 Å². The van der Waals surface area contributed by atoms with Crippen molar-refractivity contribution in [3.63, 3.8) is 0 Å². The van der Waals surface area contributed by atoms with Crippen molar-refractivity contribution in [1.29, 1.82) is 0 Å². The number of imide groups is 2. The normalized spacial score (nSPS) is 18.0. The van der Waals surface area contributed by atoms with Gasteiger partial charge in [-0.25, -0.2) is 0 Å². The average molecular weight is 728 g/mol. The molecule has 1 fully saturated rings. The minimum Gasteiger partial charge on any atom is -0.483 e. The number of halogens is 1. The number of hydrogen-bond acceptors (Lipinski definition) is 11. The molecule has 14 nitrogen and oxygen atoms in total. The fourth-order valence-corrected chi connectivity index (χ4v) is 7.76. The van der Waals surface area contributed by atoms with E-state index in [1.54, 1.807) is 23.5 Å². The number of hydrogen-bond donors (Lipinski definition) is 2. The van der Waals surface area contributed by atoms with E-state index in [4.69, 9.17) is 21.3 Å². The van der Waals surface area contributed by atoms with E-state index in [2.05, 4.69) is 20.8 Å². The van der Waals surface area contributed by atoms with Crippen LogP contribution in [0.4, 0.5) is 0 Å². The summed E-state index contributed by atoms with van der Waals surface area (Å²) < 4.78 is 7.58. The fraction of sp³-hybridized carbons (Fsp3) is 0.286. The van der Waals surface area contributed by atoms with Crippen LogP contribution >= 0.6 is 22.9 Å². The zero-order chi connectivity index (χ0) is 36.1. The van der Waals surface area contributed by atoms with Crippen LogP contribution in [-0.4, -0.2) is 79.9 Å². The summed E-state index contributed by atoms with van der Waals surface area (Å²) in [6.07, 6.45) is -0.0942. The first-order valence-electron chi connectivity index (χ1n) is 16.0. The average Bonchev–Trinajstić information content (AvgIpc) is 3.68. The highest BCUT2D eigenvalue weighted by Gasteiger charge is 2.46. The number of thiophene rings is 1. The summed E-state index contributed by atoms with van der Waals surface area (Å²) in [6, 6.07) is 9.82. The maximum absolute atomic E-state index is 13.4. The molecule has 1 unspecified atom stereocenters. The lowest BCUT2D eigenvalue weighted by Gasteiger charge is -2.27. The number of aryl methyl sites for hydroxylation is 2. The molecule has 3 aliphatic rings. The van der Waals surface area contributed by atoms with Gasteiger partial charge in [0.1, 0.15) is 28.7 Å². The molecule has 1 saturated heterocycles. The standard InChI is InChI=1S/C35H30ClN7O7S/c1-16-17(2)51-35-28(16)30(19-7-9-20(36)10-8-19)38-23(31-41-40-18(3)42(31)35)13-21(44)14-37-27(46)15-50-25-6-4-5-22-29(25)34(49)43(33(22)48)24-11-12-26(45)39-32(24)47/h4-10,23-24H,11-15H2,1-3H3,(H,37,46)(H,39,45,47)/t23-,24?/m0/s1. The number of fused-ring (bicyclic) bond motifs is 4. The Bertz CT molecular complexity index is 2210. The van der Waals surface area contributed by atoms with Gasteiger partial charge in [-0.05, 0) is 57.0 Å². The predicted octanol–water partition coefficient (Wildman–Crippen LogP) is 3.36. The van der Waals surface area contributed by atoms with Crippen LogP contribution in [0.1, 0.15) is 79.2 Å². The summed E-state index contributed by atoms with van der Waals surface area (Å²) in [5.41, 5.74) is 3.44. The van der Waals surface area contributed by atoms with Crippen molar-refractivity contribution in [2.75, 3.05) is 13.2 Å². The maximum Gasteiger partial charge on any atom is 0.266 e. The number of Topliss-reactive ketones (excluding diaryl/α,β-unsaturated/α-hetero) is 1. The summed E-state index contributed by atoms with van der Waals surface area (Å²) in [7, 11) is 0. The zero-order valence-corrected chi connectivity index (χ0v) is 29.2. The van der Waals surface area contributed by atoms with Crippen molar-refractivity contribution in [3.05, 3.63) is 91.8 Å². The van der Waals surface area contributed by atoms with E-state index in [1.807, 2.05) is 37.5 Å². The Morgan fingerprint density at radius 3 is 2.53 bits per heavy atom. The largest absolute Gasteiger partial charge is 0.483 e. The van der Waals surface area contributed by atoms with Crippen LogP contribution < -0.4 is 15.4 Å². The van der Waals surface area contributed by atoms with Gasteiger partial charge in [0.2, 0.25) is 11.8 Å². The number of carbonyl (C=O) groups excluding carboxylic acids is 6. The molecule has 2 aromatic carbocycles. The second kappa shape index (κ2) is 13.3. The highest BCUT2D eigenvalue weighted by Crippen LogP contribution is 2.40. The first-order valence-corrected chi connectivity index (χ1v) is 17.2. The summed E-state index contributed by atoms with van der Waals surface area (Å²) in [4.78, 5) is 83.7. The lowest BCUT2D eigenvalue weighted by Crippen LogP contribution is -2.54. The van der Waals surface area contributed by atoms with Crippen molar-refractivity contribution < 1.29 is 33.5 Å². The smallest absolute Gasteiger partial charge is 0.266 e. The van der Waals surface area contributed by atoms with Gasteiger partial charge < -0.3 is 10.1 Å². The predicted molar refractivity (Wildman–Crippen MR) is 185 cm³/mol. The number of amides is 5. The molecule has 0 spiro atoms. The molecule has 260 valence electrons. The Balaban J connectivity index is 1.04. The van der Waals surface area contributed by atoms with Gasteiger partial charge in [-0.2, -0.15) is 0 Å². The van der Waals surface area contributed by atoms with E-state index in [-0.39, 0.29) is 48.5 Å². The number of rotatable bonds is 9. The number of carbonyl (C=O) groups is 6. The van der Waals surface area contributed by atoms with Crippen molar-refractivity contribution in [2.24, 2.45) is 4.99 Å². The van der Waals surface area contributed by atoms with Crippen molar-refractivity contribution in [1.82, 2.24) is 30.3 Å². The molecule has 0 bridgehead atoms. The van der Waals surface area contributed by atoms with Gasteiger partial charge in [0.25, 0.3) is 17.7 Å². The number of benzene rings is 2. The van der Waals surface area contributed by atoms with Gasteiger partial charge in [0.05, 0.1) is 23.4 Å². The Kier molecular flexibility index (Phi) is 8.85. The number of aliphatic imine (C=N–C) groups is 1. The van der Waals surface area contributed by atoms with E-state index in [0.717, 1.165) is 31.5 Å². The molecule has 5 amide bonds. The number of nitrogens with one attached hydrogen (secondary N) is 2. The van der Waals surface area contributed by atoms with E-state index < -0.39 is 48.2 Å². The molecule has 0 radical (unpaired) electrons. The number of nitrogens with zero attached hydrogens (tertiary/aromatic N) is 5. The van der Waals surface area contributed by atoms with E-state index in [9.17, 15) is 28.8 Å². The molecule has 7 rings (SSSR count). The van der Waals surface area contributed by atoms with Crippen molar-refractivity contribution in [3.8, 4) is 10.8 Å². The minimum atomic E-state index is -1.14.